The molecule has 2 nitrogen and oxygen atoms in total. The van der Waals surface area contributed by atoms with Crippen LogP contribution in [0.4, 0.5) is 4.39 Å². The van der Waals surface area contributed by atoms with Crippen molar-refractivity contribution >= 4 is 11.5 Å². The summed E-state index contributed by atoms with van der Waals surface area (Å²) in [6.45, 7) is 1.91. The van der Waals surface area contributed by atoms with E-state index in [4.69, 9.17) is 0 Å². The zero-order valence-electron chi connectivity index (χ0n) is 9.43. The van der Waals surface area contributed by atoms with E-state index in [1.807, 2.05) is 6.92 Å². The van der Waals surface area contributed by atoms with Crippen molar-refractivity contribution in [3.8, 4) is 0 Å². The average Bonchev–Trinajstić information content (AvgIpc) is 2.61. The Morgan fingerprint density at radius 1 is 1.44 bits per heavy atom. The number of fused-ring (bicyclic) bond motifs is 1. The molecular formula is C13H14FNO. The van der Waals surface area contributed by atoms with Crippen LogP contribution in [-0.4, -0.2) is 13.0 Å². The molecule has 0 atom stereocenters. The average molecular weight is 219 g/mol. The number of amides is 1. The first-order valence-electron chi connectivity index (χ1n) is 5.33. The quantitative estimate of drug-likeness (QED) is 0.721. The molecule has 0 bridgehead atoms. The molecule has 0 saturated heterocycles. The van der Waals surface area contributed by atoms with Crippen molar-refractivity contribution in [1.29, 1.82) is 0 Å². The van der Waals surface area contributed by atoms with Gasteiger partial charge in [0.25, 0.3) is 0 Å². The van der Waals surface area contributed by atoms with Gasteiger partial charge < -0.3 is 5.32 Å². The topological polar surface area (TPSA) is 29.1 Å². The minimum absolute atomic E-state index is 0.134. The standard InChI is InChI=1S/C13H14FNO/c1-8-5-10(14)7-12-9(3-4-11(8)12)6-13(16)15-2/h5-7H,3-4H2,1-2H3,(H,15,16). The van der Waals surface area contributed by atoms with E-state index in [2.05, 4.69) is 5.32 Å². The van der Waals surface area contributed by atoms with Gasteiger partial charge in [-0.2, -0.15) is 0 Å². The smallest absolute Gasteiger partial charge is 0.244 e. The highest BCUT2D eigenvalue weighted by atomic mass is 19.1. The number of aryl methyl sites for hydroxylation is 1. The van der Waals surface area contributed by atoms with Crippen molar-refractivity contribution in [3.05, 3.63) is 40.7 Å². The minimum atomic E-state index is -0.235. The molecule has 0 unspecified atom stereocenters. The van der Waals surface area contributed by atoms with Crippen LogP contribution < -0.4 is 5.32 Å². The molecule has 1 aliphatic carbocycles. The Kier molecular flexibility index (Phi) is 2.77. The molecule has 0 radical (unpaired) electrons. The van der Waals surface area contributed by atoms with Gasteiger partial charge in [0.2, 0.25) is 5.91 Å². The first-order valence-corrected chi connectivity index (χ1v) is 5.33. The third kappa shape index (κ3) is 1.85. The monoisotopic (exact) mass is 219 g/mol. The van der Waals surface area contributed by atoms with Gasteiger partial charge in [0.05, 0.1) is 0 Å². The van der Waals surface area contributed by atoms with Gasteiger partial charge in [0, 0.05) is 13.1 Å². The number of allylic oxidation sites excluding steroid dienone is 1. The maximum absolute atomic E-state index is 13.3. The van der Waals surface area contributed by atoms with Gasteiger partial charge in [-0.15, -0.1) is 0 Å². The fourth-order valence-electron chi connectivity index (χ4n) is 2.17. The number of carbonyl (C=O) groups is 1. The van der Waals surface area contributed by atoms with E-state index in [1.165, 1.54) is 6.07 Å². The number of rotatable bonds is 1. The summed E-state index contributed by atoms with van der Waals surface area (Å²) in [6.07, 6.45) is 3.27. The molecule has 0 aliphatic heterocycles. The lowest BCUT2D eigenvalue weighted by molar-refractivity contribution is -0.116. The molecule has 16 heavy (non-hydrogen) atoms. The first kappa shape index (κ1) is 10.9. The van der Waals surface area contributed by atoms with Crippen molar-refractivity contribution in [2.24, 2.45) is 0 Å². The SMILES string of the molecule is CNC(=O)C=C1CCc2c(C)cc(F)cc21. The third-order valence-corrected chi connectivity index (χ3v) is 2.98. The van der Waals surface area contributed by atoms with Gasteiger partial charge in [0.15, 0.2) is 0 Å². The second kappa shape index (κ2) is 4.08. The van der Waals surface area contributed by atoms with Crippen molar-refractivity contribution in [1.82, 2.24) is 5.32 Å². The summed E-state index contributed by atoms with van der Waals surface area (Å²) in [6, 6.07) is 3.06. The summed E-state index contributed by atoms with van der Waals surface area (Å²) >= 11 is 0. The van der Waals surface area contributed by atoms with E-state index in [1.54, 1.807) is 19.2 Å². The molecule has 1 N–H and O–H groups in total. The fraction of sp³-hybridized carbons (Fsp3) is 0.308. The normalized spacial score (nSPS) is 16.3. The molecule has 0 aromatic heterocycles. The molecule has 0 heterocycles. The van der Waals surface area contributed by atoms with Crippen LogP contribution in [0.1, 0.15) is 23.1 Å². The van der Waals surface area contributed by atoms with E-state index in [-0.39, 0.29) is 11.7 Å². The first-order chi connectivity index (χ1) is 7.61. The molecule has 1 aliphatic rings. The molecule has 2 rings (SSSR count). The maximum atomic E-state index is 13.3. The zero-order chi connectivity index (χ0) is 11.7. The molecule has 0 saturated carbocycles. The molecular weight excluding hydrogens is 205 g/mol. The number of hydrogen-bond donors (Lipinski definition) is 1. The summed E-state index contributed by atoms with van der Waals surface area (Å²) in [4.78, 5) is 11.3. The highest BCUT2D eigenvalue weighted by Crippen LogP contribution is 2.34. The van der Waals surface area contributed by atoms with E-state index in [0.29, 0.717) is 0 Å². The van der Waals surface area contributed by atoms with Crippen LogP contribution in [0.15, 0.2) is 18.2 Å². The molecule has 1 aromatic rings. The van der Waals surface area contributed by atoms with E-state index < -0.39 is 0 Å². The minimum Gasteiger partial charge on any atom is -0.356 e. The van der Waals surface area contributed by atoms with Gasteiger partial charge in [-0.05, 0) is 54.2 Å². The van der Waals surface area contributed by atoms with Crippen molar-refractivity contribution in [2.75, 3.05) is 7.05 Å². The van der Waals surface area contributed by atoms with Crippen LogP contribution in [0.5, 0.6) is 0 Å². The lowest BCUT2D eigenvalue weighted by Gasteiger charge is -2.04. The van der Waals surface area contributed by atoms with Crippen molar-refractivity contribution < 1.29 is 9.18 Å². The van der Waals surface area contributed by atoms with Gasteiger partial charge in [-0.3, -0.25) is 4.79 Å². The highest BCUT2D eigenvalue weighted by molar-refractivity contribution is 5.96. The van der Waals surface area contributed by atoms with Gasteiger partial charge in [0.1, 0.15) is 5.82 Å². The number of carbonyl (C=O) groups excluding carboxylic acids is 1. The van der Waals surface area contributed by atoms with Crippen LogP contribution in [0.3, 0.4) is 0 Å². The van der Waals surface area contributed by atoms with Crippen LogP contribution in [0, 0.1) is 12.7 Å². The molecule has 0 fully saturated rings. The van der Waals surface area contributed by atoms with Crippen molar-refractivity contribution in [3.63, 3.8) is 0 Å². The second-order valence-electron chi connectivity index (χ2n) is 4.03. The van der Waals surface area contributed by atoms with Gasteiger partial charge >= 0.3 is 0 Å². The van der Waals surface area contributed by atoms with Crippen LogP contribution in [0.25, 0.3) is 5.57 Å². The van der Waals surface area contributed by atoms with Crippen molar-refractivity contribution in [2.45, 2.75) is 19.8 Å². The molecule has 0 spiro atoms. The maximum Gasteiger partial charge on any atom is 0.244 e. The number of likely N-dealkylation sites (N-methyl/N-ethyl adjacent to an activating group) is 1. The fourth-order valence-corrected chi connectivity index (χ4v) is 2.17. The molecule has 3 heteroatoms. The lowest BCUT2D eigenvalue weighted by Crippen LogP contribution is -2.14. The van der Waals surface area contributed by atoms with E-state index in [9.17, 15) is 9.18 Å². The molecule has 84 valence electrons. The Balaban J connectivity index is 2.47. The van der Waals surface area contributed by atoms with Gasteiger partial charge in [-0.1, -0.05) is 0 Å². The zero-order valence-corrected chi connectivity index (χ0v) is 9.43. The number of benzene rings is 1. The van der Waals surface area contributed by atoms with Gasteiger partial charge in [-0.25, -0.2) is 4.39 Å². The predicted molar refractivity (Wildman–Crippen MR) is 61.5 cm³/mol. The molecule has 1 amide bonds. The number of halogens is 1. The predicted octanol–water partition coefficient (Wildman–Crippen LogP) is 2.21. The van der Waals surface area contributed by atoms with Crippen LogP contribution in [-0.2, 0) is 11.2 Å². The Morgan fingerprint density at radius 3 is 2.88 bits per heavy atom. The highest BCUT2D eigenvalue weighted by Gasteiger charge is 2.19. The summed E-state index contributed by atoms with van der Waals surface area (Å²) in [7, 11) is 1.59. The van der Waals surface area contributed by atoms with Crippen LogP contribution >= 0.6 is 0 Å². The second-order valence-corrected chi connectivity index (χ2v) is 4.03. The summed E-state index contributed by atoms with van der Waals surface area (Å²) in [5.41, 5.74) is 3.95. The van der Waals surface area contributed by atoms with E-state index >= 15 is 0 Å². The summed E-state index contributed by atoms with van der Waals surface area (Å²) in [5.74, 6) is -0.370. The number of hydrogen-bond acceptors (Lipinski definition) is 1. The summed E-state index contributed by atoms with van der Waals surface area (Å²) < 4.78 is 13.3. The summed E-state index contributed by atoms with van der Waals surface area (Å²) in [5, 5.41) is 2.54. The number of nitrogens with one attached hydrogen (secondary N) is 1. The van der Waals surface area contributed by atoms with E-state index in [0.717, 1.165) is 35.1 Å². The largest absolute Gasteiger partial charge is 0.356 e. The Morgan fingerprint density at radius 2 is 2.19 bits per heavy atom. The lowest BCUT2D eigenvalue weighted by atomic mass is 10.0. The Bertz CT molecular complexity index is 477. The molecule has 1 aromatic carbocycles. The third-order valence-electron chi connectivity index (χ3n) is 2.98. The van der Waals surface area contributed by atoms with Crippen LogP contribution in [0.2, 0.25) is 0 Å². The Hall–Kier alpha value is -1.64. The Labute approximate surface area is 94.2 Å².